The van der Waals surface area contributed by atoms with Crippen LogP contribution in [0, 0.1) is 0 Å². The smallest absolute Gasteiger partial charge is 0.255 e. The second-order valence-corrected chi connectivity index (χ2v) is 5.32. The summed E-state index contributed by atoms with van der Waals surface area (Å²) >= 11 is 0. The summed E-state index contributed by atoms with van der Waals surface area (Å²) in [6.07, 6.45) is 5.62. The Morgan fingerprint density at radius 3 is 2.57 bits per heavy atom. The van der Waals surface area contributed by atoms with E-state index in [2.05, 4.69) is 5.32 Å². The van der Waals surface area contributed by atoms with Crippen molar-refractivity contribution in [2.75, 3.05) is 12.3 Å². The van der Waals surface area contributed by atoms with Gasteiger partial charge in [-0.1, -0.05) is 19.3 Å². The van der Waals surface area contributed by atoms with Gasteiger partial charge in [0.2, 0.25) is 0 Å². The molecular formula is C15H21N3O3. The first kappa shape index (κ1) is 15.2. The first-order chi connectivity index (χ1) is 10.1. The zero-order valence-corrected chi connectivity index (χ0v) is 11.9. The molecule has 5 N–H and O–H groups in total. The summed E-state index contributed by atoms with van der Waals surface area (Å²) in [4.78, 5) is 22.8. The van der Waals surface area contributed by atoms with Crippen molar-refractivity contribution in [3.05, 3.63) is 23.8 Å². The molecule has 0 spiro atoms. The quantitative estimate of drug-likeness (QED) is 0.708. The summed E-state index contributed by atoms with van der Waals surface area (Å²) in [5, 5.41) is 3.02. The lowest BCUT2D eigenvalue weighted by atomic mass is 9.95. The van der Waals surface area contributed by atoms with Gasteiger partial charge in [0.25, 0.3) is 11.8 Å². The summed E-state index contributed by atoms with van der Waals surface area (Å²) in [6, 6.07) is 5.01. The van der Waals surface area contributed by atoms with Gasteiger partial charge < -0.3 is 21.5 Å². The molecule has 0 heterocycles. The lowest BCUT2D eigenvalue weighted by molar-refractivity contribution is -0.119. The number of hydrogen-bond donors (Lipinski definition) is 3. The van der Waals surface area contributed by atoms with Crippen molar-refractivity contribution in [2.24, 2.45) is 5.73 Å². The highest BCUT2D eigenvalue weighted by atomic mass is 16.5. The van der Waals surface area contributed by atoms with Crippen molar-refractivity contribution in [3.63, 3.8) is 0 Å². The van der Waals surface area contributed by atoms with E-state index in [0.29, 0.717) is 17.0 Å². The standard InChI is InChI=1S/C15H21N3O3/c16-12-8-10(6-7-13(12)21-9-14(17)19)15(20)18-11-4-2-1-3-5-11/h6-8,11H,1-5,9,16H2,(H2,17,19)(H,18,20). The molecule has 114 valence electrons. The summed E-state index contributed by atoms with van der Waals surface area (Å²) in [7, 11) is 0. The Hall–Kier alpha value is -2.24. The maximum Gasteiger partial charge on any atom is 0.255 e. The van der Waals surface area contributed by atoms with Crippen LogP contribution in [0.3, 0.4) is 0 Å². The van der Waals surface area contributed by atoms with Gasteiger partial charge in [-0.2, -0.15) is 0 Å². The van der Waals surface area contributed by atoms with Crippen molar-refractivity contribution in [2.45, 2.75) is 38.1 Å². The molecule has 1 aliphatic rings. The first-order valence-corrected chi connectivity index (χ1v) is 7.18. The highest BCUT2D eigenvalue weighted by molar-refractivity contribution is 5.95. The summed E-state index contributed by atoms with van der Waals surface area (Å²) in [5.41, 5.74) is 11.6. The molecule has 1 aromatic carbocycles. The molecule has 1 aliphatic carbocycles. The number of rotatable bonds is 5. The van der Waals surface area contributed by atoms with E-state index in [1.54, 1.807) is 18.2 Å². The van der Waals surface area contributed by atoms with E-state index in [4.69, 9.17) is 16.2 Å². The fourth-order valence-corrected chi connectivity index (χ4v) is 2.49. The molecule has 1 aromatic rings. The van der Waals surface area contributed by atoms with Gasteiger partial charge in [0.1, 0.15) is 5.75 Å². The Morgan fingerprint density at radius 1 is 1.24 bits per heavy atom. The molecule has 0 saturated heterocycles. The number of nitrogens with two attached hydrogens (primary N) is 2. The molecule has 6 heteroatoms. The van der Waals surface area contributed by atoms with Crippen LogP contribution < -0.4 is 21.5 Å². The minimum atomic E-state index is -0.575. The molecule has 2 amide bonds. The Morgan fingerprint density at radius 2 is 1.95 bits per heavy atom. The molecule has 6 nitrogen and oxygen atoms in total. The van der Waals surface area contributed by atoms with Crippen molar-refractivity contribution < 1.29 is 14.3 Å². The van der Waals surface area contributed by atoms with Crippen molar-refractivity contribution in [1.29, 1.82) is 0 Å². The number of primary amides is 1. The molecule has 1 saturated carbocycles. The zero-order chi connectivity index (χ0) is 15.2. The number of nitrogen functional groups attached to an aromatic ring is 1. The second kappa shape index (κ2) is 6.97. The molecule has 0 unspecified atom stereocenters. The number of carbonyl (C=O) groups excluding carboxylic acids is 2. The molecule has 0 aromatic heterocycles. The highest BCUT2D eigenvalue weighted by Crippen LogP contribution is 2.23. The van der Waals surface area contributed by atoms with Crippen molar-refractivity contribution >= 4 is 17.5 Å². The summed E-state index contributed by atoms with van der Waals surface area (Å²) in [6.45, 7) is -0.238. The van der Waals surface area contributed by atoms with Crippen LogP contribution in [0.25, 0.3) is 0 Å². The predicted molar refractivity (Wildman–Crippen MR) is 79.9 cm³/mol. The lowest BCUT2D eigenvalue weighted by Gasteiger charge is -2.22. The largest absolute Gasteiger partial charge is 0.482 e. The number of anilines is 1. The van der Waals surface area contributed by atoms with Crippen LogP contribution in [-0.2, 0) is 4.79 Å². The zero-order valence-electron chi connectivity index (χ0n) is 11.9. The van der Waals surface area contributed by atoms with Crippen LogP contribution in [-0.4, -0.2) is 24.5 Å². The molecule has 2 rings (SSSR count). The van der Waals surface area contributed by atoms with Crippen LogP contribution in [0.4, 0.5) is 5.69 Å². The van der Waals surface area contributed by atoms with E-state index in [9.17, 15) is 9.59 Å². The van der Waals surface area contributed by atoms with Crippen LogP contribution in [0.15, 0.2) is 18.2 Å². The maximum absolute atomic E-state index is 12.2. The summed E-state index contributed by atoms with van der Waals surface area (Å²) < 4.78 is 5.15. The number of nitrogens with one attached hydrogen (secondary N) is 1. The Kier molecular flexibility index (Phi) is 5.03. The van der Waals surface area contributed by atoms with Crippen molar-refractivity contribution in [3.8, 4) is 5.75 Å². The fourth-order valence-electron chi connectivity index (χ4n) is 2.49. The molecule has 0 atom stereocenters. The Bertz CT molecular complexity index is 525. The lowest BCUT2D eigenvalue weighted by Crippen LogP contribution is -2.36. The number of hydrogen-bond acceptors (Lipinski definition) is 4. The average molecular weight is 291 g/mol. The third-order valence-electron chi connectivity index (χ3n) is 3.58. The van der Waals surface area contributed by atoms with Gasteiger partial charge in [0.05, 0.1) is 5.69 Å². The Labute approximate surface area is 123 Å². The van der Waals surface area contributed by atoms with E-state index in [1.807, 2.05) is 0 Å². The maximum atomic E-state index is 12.2. The van der Waals surface area contributed by atoms with Gasteiger partial charge in [0.15, 0.2) is 6.61 Å². The third kappa shape index (κ3) is 4.37. The first-order valence-electron chi connectivity index (χ1n) is 7.18. The molecule has 0 bridgehead atoms. The van der Waals surface area contributed by atoms with Gasteiger partial charge in [-0.05, 0) is 31.0 Å². The normalized spacial score (nSPS) is 15.4. The second-order valence-electron chi connectivity index (χ2n) is 5.32. The molecule has 0 aliphatic heterocycles. The van der Waals surface area contributed by atoms with E-state index < -0.39 is 5.91 Å². The monoisotopic (exact) mass is 291 g/mol. The van der Waals surface area contributed by atoms with Gasteiger partial charge in [0, 0.05) is 11.6 Å². The van der Waals surface area contributed by atoms with Crippen molar-refractivity contribution in [1.82, 2.24) is 5.32 Å². The number of benzene rings is 1. The summed E-state index contributed by atoms with van der Waals surface area (Å²) in [5.74, 6) is -0.355. The molecule has 21 heavy (non-hydrogen) atoms. The SMILES string of the molecule is NC(=O)COc1ccc(C(=O)NC2CCCCC2)cc1N. The van der Waals surface area contributed by atoms with Gasteiger partial charge in [-0.25, -0.2) is 0 Å². The number of ether oxygens (including phenoxy) is 1. The van der Waals surface area contributed by atoms with Crippen LogP contribution in [0.1, 0.15) is 42.5 Å². The minimum Gasteiger partial charge on any atom is -0.482 e. The minimum absolute atomic E-state index is 0.130. The highest BCUT2D eigenvalue weighted by Gasteiger charge is 2.17. The van der Waals surface area contributed by atoms with E-state index in [1.165, 1.54) is 6.42 Å². The van der Waals surface area contributed by atoms with E-state index >= 15 is 0 Å². The van der Waals surface area contributed by atoms with Crippen LogP contribution in [0.2, 0.25) is 0 Å². The topological polar surface area (TPSA) is 107 Å². The number of amides is 2. The predicted octanol–water partition coefficient (Wildman–Crippen LogP) is 1.20. The average Bonchev–Trinajstić information content (AvgIpc) is 2.46. The van der Waals surface area contributed by atoms with Crippen LogP contribution >= 0.6 is 0 Å². The fraction of sp³-hybridized carbons (Fsp3) is 0.467. The van der Waals surface area contributed by atoms with Gasteiger partial charge in [-0.3, -0.25) is 9.59 Å². The number of carbonyl (C=O) groups is 2. The molecule has 1 fully saturated rings. The van der Waals surface area contributed by atoms with E-state index in [-0.39, 0.29) is 18.6 Å². The Balaban J connectivity index is 1.97. The van der Waals surface area contributed by atoms with Gasteiger partial charge >= 0.3 is 0 Å². The van der Waals surface area contributed by atoms with Gasteiger partial charge in [-0.15, -0.1) is 0 Å². The van der Waals surface area contributed by atoms with E-state index in [0.717, 1.165) is 25.7 Å². The molecular weight excluding hydrogens is 270 g/mol. The third-order valence-corrected chi connectivity index (χ3v) is 3.58. The van der Waals surface area contributed by atoms with Crippen LogP contribution in [0.5, 0.6) is 5.75 Å². The molecule has 0 radical (unpaired) electrons.